The normalized spacial score (nSPS) is 10.5. The molecule has 0 aliphatic heterocycles. The first-order valence-electron chi connectivity index (χ1n) is 5.58. The number of pyridine rings is 1. The molecule has 2 rings (SSSR count). The van der Waals surface area contributed by atoms with Gasteiger partial charge in [0.25, 0.3) is 0 Å². The molecule has 17 heavy (non-hydrogen) atoms. The summed E-state index contributed by atoms with van der Waals surface area (Å²) in [5, 5.41) is 3.21. The Morgan fingerprint density at radius 1 is 1.47 bits per heavy atom. The SMILES string of the molecule is CC(C)Oc1cccnc1NCc1cnc[nH]1. The van der Waals surface area contributed by atoms with Gasteiger partial charge >= 0.3 is 0 Å². The molecule has 0 unspecified atom stereocenters. The number of rotatable bonds is 5. The summed E-state index contributed by atoms with van der Waals surface area (Å²) in [7, 11) is 0. The van der Waals surface area contributed by atoms with Crippen molar-refractivity contribution in [3.63, 3.8) is 0 Å². The molecule has 0 saturated heterocycles. The van der Waals surface area contributed by atoms with Gasteiger partial charge in [-0.15, -0.1) is 0 Å². The molecule has 2 aromatic rings. The fraction of sp³-hybridized carbons (Fsp3) is 0.333. The summed E-state index contributed by atoms with van der Waals surface area (Å²) in [6.07, 6.45) is 5.30. The lowest BCUT2D eigenvalue weighted by Gasteiger charge is -2.13. The van der Waals surface area contributed by atoms with Gasteiger partial charge in [-0.2, -0.15) is 0 Å². The molecule has 0 aliphatic carbocycles. The van der Waals surface area contributed by atoms with E-state index in [1.165, 1.54) is 0 Å². The summed E-state index contributed by atoms with van der Waals surface area (Å²) in [5.41, 5.74) is 1.01. The Bertz CT molecular complexity index is 453. The lowest BCUT2D eigenvalue weighted by molar-refractivity contribution is 0.243. The van der Waals surface area contributed by atoms with Crippen LogP contribution in [0.3, 0.4) is 0 Å². The van der Waals surface area contributed by atoms with E-state index in [9.17, 15) is 0 Å². The number of nitrogens with one attached hydrogen (secondary N) is 2. The summed E-state index contributed by atoms with van der Waals surface area (Å²) in [5.74, 6) is 1.51. The van der Waals surface area contributed by atoms with Crippen LogP contribution >= 0.6 is 0 Å². The number of aromatic nitrogens is 3. The summed E-state index contributed by atoms with van der Waals surface area (Å²) < 4.78 is 5.66. The van der Waals surface area contributed by atoms with Crippen LogP contribution < -0.4 is 10.1 Å². The lowest BCUT2D eigenvalue weighted by atomic mass is 10.4. The van der Waals surface area contributed by atoms with Crippen molar-refractivity contribution in [2.24, 2.45) is 0 Å². The molecule has 2 N–H and O–H groups in total. The molecule has 5 nitrogen and oxygen atoms in total. The Balaban J connectivity index is 2.04. The minimum atomic E-state index is 0.131. The van der Waals surface area contributed by atoms with E-state index in [2.05, 4.69) is 20.3 Å². The number of hydrogen-bond acceptors (Lipinski definition) is 4. The van der Waals surface area contributed by atoms with Crippen molar-refractivity contribution in [3.05, 3.63) is 36.5 Å². The quantitative estimate of drug-likeness (QED) is 0.829. The van der Waals surface area contributed by atoms with Crippen molar-refractivity contribution >= 4 is 5.82 Å². The molecule has 0 fully saturated rings. The monoisotopic (exact) mass is 232 g/mol. The molecule has 0 saturated carbocycles. The summed E-state index contributed by atoms with van der Waals surface area (Å²) in [4.78, 5) is 11.2. The molecule has 0 radical (unpaired) electrons. The number of ether oxygens (including phenoxy) is 1. The minimum absolute atomic E-state index is 0.131. The first kappa shape index (κ1) is 11.4. The fourth-order valence-electron chi connectivity index (χ4n) is 1.43. The van der Waals surface area contributed by atoms with Gasteiger partial charge in [0.15, 0.2) is 11.6 Å². The van der Waals surface area contributed by atoms with Gasteiger partial charge in [0.05, 0.1) is 24.7 Å². The Labute approximate surface area is 100 Å². The van der Waals surface area contributed by atoms with Crippen LogP contribution in [0.25, 0.3) is 0 Å². The molecular weight excluding hydrogens is 216 g/mol. The van der Waals surface area contributed by atoms with Crippen molar-refractivity contribution in [2.45, 2.75) is 26.5 Å². The van der Waals surface area contributed by atoms with Crippen LogP contribution in [-0.4, -0.2) is 21.1 Å². The van der Waals surface area contributed by atoms with Gasteiger partial charge in [-0.05, 0) is 26.0 Å². The highest BCUT2D eigenvalue weighted by Gasteiger charge is 2.06. The summed E-state index contributed by atoms with van der Waals surface area (Å²) in [6, 6.07) is 3.77. The van der Waals surface area contributed by atoms with Crippen LogP contribution in [0.5, 0.6) is 5.75 Å². The zero-order valence-electron chi connectivity index (χ0n) is 9.97. The predicted molar refractivity (Wildman–Crippen MR) is 65.9 cm³/mol. The second-order valence-corrected chi connectivity index (χ2v) is 3.95. The van der Waals surface area contributed by atoms with Crippen LogP contribution in [0.2, 0.25) is 0 Å². The molecule has 0 aliphatic rings. The zero-order valence-corrected chi connectivity index (χ0v) is 9.97. The molecule has 2 heterocycles. The molecular formula is C12H16N4O. The van der Waals surface area contributed by atoms with Crippen LogP contribution in [-0.2, 0) is 6.54 Å². The van der Waals surface area contributed by atoms with E-state index < -0.39 is 0 Å². The molecule has 0 aromatic carbocycles. The third-order valence-corrected chi connectivity index (χ3v) is 2.13. The van der Waals surface area contributed by atoms with E-state index >= 15 is 0 Å². The number of anilines is 1. The molecule has 0 spiro atoms. The van der Waals surface area contributed by atoms with E-state index in [-0.39, 0.29) is 6.10 Å². The number of aromatic amines is 1. The molecule has 5 heteroatoms. The standard InChI is InChI=1S/C12H16N4O/c1-9(2)17-11-4-3-5-14-12(11)15-7-10-6-13-8-16-10/h3-6,8-9H,7H2,1-2H3,(H,13,16)(H,14,15). The highest BCUT2D eigenvalue weighted by Crippen LogP contribution is 2.22. The number of imidazole rings is 1. The van der Waals surface area contributed by atoms with Gasteiger partial charge in [0, 0.05) is 12.4 Å². The second-order valence-electron chi connectivity index (χ2n) is 3.95. The Morgan fingerprint density at radius 3 is 3.06 bits per heavy atom. The lowest BCUT2D eigenvalue weighted by Crippen LogP contribution is -2.09. The van der Waals surface area contributed by atoms with Gasteiger partial charge in [-0.25, -0.2) is 9.97 Å². The predicted octanol–water partition coefficient (Wildman–Crippen LogP) is 2.20. The molecule has 90 valence electrons. The third kappa shape index (κ3) is 3.21. The average Bonchev–Trinajstić information content (AvgIpc) is 2.80. The maximum absolute atomic E-state index is 5.66. The maximum atomic E-state index is 5.66. The topological polar surface area (TPSA) is 62.8 Å². The highest BCUT2D eigenvalue weighted by molar-refractivity contribution is 5.49. The van der Waals surface area contributed by atoms with E-state index in [1.807, 2.05) is 26.0 Å². The van der Waals surface area contributed by atoms with Crippen LogP contribution in [0, 0.1) is 0 Å². The second kappa shape index (κ2) is 5.34. The van der Waals surface area contributed by atoms with Gasteiger partial charge in [-0.1, -0.05) is 0 Å². The number of H-pyrrole nitrogens is 1. The van der Waals surface area contributed by atoms with Crippen molar-refractivity contribution in [2.75, 3.05) is 5.32 Å². The highest BCUT2D eigenvalue weighted by atomic mass is 16.5. The largest absolute Gasteiger partial charge is 0.487 e. The molecule has 0 atom stereocenters. The van der Waals surface area contributed by atoms with Crippen molar-refractivity contribution in [1.82, 2.24) is 15.0 Å². The number of hydrogen-bond donors (Lipinski definition) is 2. The zero-order chi connectivity index (χ0) is 12.1. The smallest absolute Gasteiger partial charge is 0.169 e. The Morgan fingerprint density at radius 2 is 2.35 bits per heavy atom. The van der Waals surface area contributed by atoms with Crippen molar-refractivity contribution in [1.29, 1.82) is 0 Å². The van der Waals surface area contributed by atoms with Crippen molar-refractivity contribution in [3.8, 4) is 5.75 Å². The fourth-order valence-corrected chi connectivity index (χ4v) is 1.43. The van der Waals surface area contributed by atoms with E-state index in [0.717, 1.165) is 17.3 Å². The van der Waals surface area contributed by atoms with Gasteiger partial charge in [0.1, 0.15) is 0 Å². The van der Waals surface area contributed by atoms with Crippen LogP contribution in [0.15, 0.2) is 30.9 Å². The van der Waals surface area contributed by atoms with Crippen molar-refractivity contribution < 1.29 is 4.74 Å². The van der Waals surface area contributed by atoms with Crippen LogP contribution in [0.4, 0.5) is 5.82 Å². The van der Waals surface area contributed by atoms with Gasteiger partial charge < -0.3 is 15.0 Å². The van der Waals surface area contributed by atoms with Crippen LogP contribution in [0.1, 0.15) is 19.5 Å². The van der Waals surface area contributed by atoms with E-state index in [4.69, 9.17) is 4.74 Å². The maximum Gasteiger partial charge on any atom is 0.169 e. The Kier molecular flexibility index (Phi) is 3.59. The number of nitrogens with zero attached hydrogens (tertiary/aromatic N) is 2. The Hall–Kier alpha value is -2.04. The molecule has 0 bridgehead atoms. The average molecular weight is 232 g/mol. The molecule has 0 amide bonds. The summed E-state index contributed by atoms with van der Waals surface area (Å²) >= 11 is 0. The molecule has 2 aromatic heterocycles. The first-order valence-corrected chi connectivity index (χ1v) is 5.58. The van der Waals surface area contributed by atoms with Gasteiger partial charge in [0.2, 0.25) is 0 Å². The van der Waals surface area contributed by atoms with E-state index in [1.54, 1.807) is 18.7 Å². The van der Waals surface area contributed by atoms with Gasteiger partial charge in [-0.3, -0.25) is 0 Å². The summed E-state index contributed by atoms with van der Waals surface area (Å²) in [6.45, 7) is 4.63. The third-order valence-electron chi connectivity index (χ3n) is 2.13. The minimum Gasteiger partial charge on any atom is -0.487 e. The van der Waals surface area contributed by atoms with E-state index in [0.29, 0.717) is 6.54 Å². The first-order chi connectivity index (χ1) is 8.25.